The van der Waals surface area contributed by atoms with Crippen LogP contribution in [0.5, 0.6) is 0 Å². The fourth-order valence-electron chi connectivity index (χ4n) is 4.60. The van der Waals surface area contributed by atoms with E-state index < -0.39 is 0 Å². The minimum atomic E-state index is -0.336. The summed E-state index contributed by atoms with van der Waals surface area (Å²) in [6.45, 7) is 3.13. The molecule has 3 aromatic rings. The maximum Gasteiger partial charge on any atom is 0.144 e. The predicted molar refractivity (Wildman–Crippen MR) is 109 cm³/mol. The molecule has 0 spiro atoms. The van der Waals surface area contributed by atoms with Crippen molar-refractivity contribution in [2.45, 2.75) is 31.5 Å². The van der Waals surface area contributed by atoms with Crippen molar-refractivity contribution in [3.8, 4) is 10.6 Å². The number of nitrogens with one attached hydrogen (secondary N) is 2. The molecule has 0 radical (unpaired) electrons. The van der Waals surface area contributed by atoms with Gasteiger partial charge in [-0.1, -0.05) is 0 Å². The Morgan fingerprint density at radius 1 is 1.14 bits per heavy atom. The highest BCUT2D eigenvalue weighted by atomic mass is 32.1. The van der Waals surface area contributed by atoms with Gasteiger partial charge in [0.1, 0.15) is 5.82 Å². The van der Waals surface area contributed by atoms with Crippen molar-refractivity contribution in [2.24, 2.45) is 11.8 Å². The van der Waals surface area contributed by atoms with Crippen LogP contribution in [-0.4, -0.2) is 55.4 Å². The average Bonchev–Trinajstić information content (AvgIpc) is 3.43. The molecule has 4 atom stereocenters. The molecule has 8 heteroatoms. The van der Waals surface area contributed by atoms with E-state index in [4.69, 9.17) is 0 Å². The quantitative estimate of drug-likeness (QED) is 0.614. The number of likely N-dealkylation sites (tertiary alicyclic amines) is 1. The van der Waals surface area contributed by atoms with E-state index in [-0.39, 0.29) is 12.1 Å². The third-order valence-corrected chi connectivity index (χ3v) is 7.02. The topological polar surface area (TPSA) is 90.0 Å². The van der Waals surface area contributed by atoms with E-state index in [2.05, 4.69) is 42.5 Å². The Morgan fingerprint density at radius 3 is 2.82 bits per heavy atom. The molecule has 28 heavy (non-hydrogen) atoms. The standard InChI is InChI=1S/C20H24N6OS/c27-18-8-14-11-26(12-15-1-2-19(28-15)16-3-4-23-25-16)10-13(14)7-17(18)24-20-9-21-5-6-22-20/h1-6,9,13-14,17-18,27H,7-8,10-12H2,(H,22,24)(H,23,25)/t13-,14+,17-,18-/m1/s1. The van der Waals surface area contributed by atoms with Gasteiger partial charge in [-0.15, -0.1) is 11.3 Å². The Bertz CT molecular complexity index is 899. The molecule has 4 heterocycles. The molecular weight excluding hydrogens is 372 g/mol. The molecule has 0 unspecified atom stereocenters. The summed E-state index contributed by atoms with van der Waals surface area (Å²) in [7, 11) is 0. The van der Waals surface area contributed by atoms with Crippen molar-refractivity contribution < 1.29 is 5.11 Å². The molecule has 7 nitrogen and oxygen atoms in total. The highest BCUT2D eigenvalue weighted by molar-refractivity contribution is 7.15. The highest BCUT2D eigenvalue weighted by Crippen LogP contribution is 2.38. The van der Waals surface area contributed by atoms with Gasteiger partial charge in [0.25, 0.3) is 0 Å². The molecule has 1 saturated carbocycles. The van der Waals surface area contributed by atoms with Crippen molar-refractivity contribution in [3.05, 3.63) is 47.9 Å². The monoisotopic (exact) mass is 396 g/mol. The molecule has 2 fully saturated rings. The van der Waals surface area contributed by atoms with Gasteiger partial charge in [0, 0.05) is 43.1 Å². The number of hydrogen-bond acceptors (Lipinski definition) is 7. The third kappa shape index (κ3) is 3.67. The van der Waals surface area contributed by atoms with Crippen molar-refractivity contribution in [3.63, 3.8) is 0 Å². The van der Waals surface area contributed by atoms with Crippen LogP contribution in [0.1, 0.15) is 17.7 Å². The van der Waals surface area contributed by atoms with E-state index in [1.165, 1.54) is 9.75 Å². The molecule has 1 aliphatic carbocycles. The first-order chi connectivity index (χ1) is 13.7. The summed E-state index contributed by atoms with van der Waals surface area (Å²) in [5, 5.41) is 21.1. The number of thiophene rings is 1. The maximum absolute atomic E-state index is 10.6. The first-order valence-corrected chi connectivity index (χ1v) is 10.6. The molecule has 0 aromatic carbocycles. The van der Waals surface area contributed by atoms with E-state index in [0.29, 0.717) is 11.8 Å². The van der Waals surface area contributed by atoms with E-state index in [0.717, 1.165) is 44.0 Å². The van der Waals surface area contributed by atoms with Crippen LogP contribution in [-0.2, 0) is 6.54 Å². The fraction of sp³-hybridized carbons (Fsp3) is 0.450. The maximum atomic E-state index is 10.6. The van der Waals surface area contributed by atoms with Crippen LogP contribution in [0.15, 0.2) is 43.0 Å². The van der Waals surface area contributed by atoms with Gasteiger partial charge in [-0.05, 0) is 42.9 Å². The van der Waals surface area contributed by atoms with Gasteiger partial charge in [0.15, 0.2) is 0 Å². The SMILES string of the molecule is O[C@@H]1C[C@H]2CN(Cc3ccc(-c4ccn[nH]4)s3)C[C@H]2C[C@H]1Nc1cnccn1. The third-order valence-electron chi connectivity index (χ3n) is 5.92. The number of H-pyrrole nitrogens is 1. The highest BCUT2D eigenvalue weighted by Gasteiger charge is 2.41. The zero-order chi connectivity index (χ0) is 18.9. The molecule has 146 valence electrons. The lowest BCUT2D eigenvalue weighted by molar-refractivity contribution is 0.0735. The second kappa shape index (κ2) is 7.62. The van der Waals surface area contributed by atoms with E-state index in [1.54, 1.807) is 24.8 Å². The summed E-state index contributed by atoms with van der Waals surface area (Å²) in [5.41, 5.74) is 1.08. The number of aromatic amines is 1. The van der Waals surface area contributed by atoms with Gasteiger partial charge in [-0.3, -0.25) is 15.0 Å². The number of aromatic nitrogens is 4. The molecule has 2 aliphatic rings. The van der Waals surface area contributed by atoms with E-state index in [1.807, 2.05) is 17.4 Å². The smallest absolute Gasteiger partial charge is 0.144 e. The lowest BCUT2D eigenvalue weighted by Crippen LogP contribution is -2.43. The van der Waals surface area contributed by atoms with Crippen LogP contribution in [0.2, 0.25) is 0 Å². The second-order valence-electron chi connectivity index (χ2n) is 7.83. The van der Waals surface area contributed by atoms with Gasteiger partial charge in [0.2, 0.25) is 0 Å². The first kappa shape index (κ1) is 17.8. The lowest BCUT2D eigenvalue weighted by Gasteiger charge is -2.35. The Labute approximate surface area is 167 Å². The fourth-order valence-corrected chi connectivity index (χ4v) is 5.62. The molecule has 3 aromatic heterocycles. The number of aliphatic hydroxyl groups is 1. The summed E-state index contributed by atoms with van der Waals surface area (Å²) in [4.78, 5) is 13.5. The summed E-state index contributed by atoms with van der Waals surface area (Å²) < 4.78 is 0. The van der Waals surface area contributed by atoms with Crippen LogP contribution in [0.3, 0.4) is 0 Å². The van der Waals surface area contributed by atoms with Crippen molar-refractivity contribution >= 4 is 17.2 Å². The number of anilines is 1. The number of nitrogens with zero attached hydrogens (tertiary/aromatic N) is 4. The van der Waals surface area contributed by atoms with Gasteiger partial charge in [-0.2, -0.15) is 5.10 Å². The van der Waals surface area contributed by atoms with Crippen LogP contribution in [0.4, 0.5) is 5.82 Å². The largest absolute Gasteiger partial charge is 0.391 e. The summed E-state index contributed by atoms with van der Waals surface area (Å²) in [5.74, 6) is 1.93. The van der Waals surface area contributed by atoms with Crippen LogP contribution in [0, 0.1) is 11.8 Å². The Morgan fingerprint density at radius 2 is 2.04 bits per heavy atom. The van der Waals surface area contributed by atoms with Crippen molar-refractivity contribution in [1.29, 1.82) is 0 Å². The molecule has 5 rings (SSSR count). The van der Waals surface area contributed by atoms with Gasteiger partial charge < -0.3 is 10.4 Å². The number of fused-ring (bicyclic) bond motifs is 1. The van der Waals surface area contributed by atoms with E-state index >= 15 is 0 Å². The molecule has 0 bridgehead atoms. The van der Waals surface area contributed by atoms with Crippen molar-refractivity contribution in [1.82, 2.24) is 25.1 Å². The Hall–Kier alpha value is -2.29. The number of rotatable bonds is 5. The number of hydrogen-bond donors (Lipinski definition) is 3. The molecule has 1 aliphatic heterocycles. The Kier molecular flexibility index (Phi) is 4.84. The first-order valence-electron chi connectivity index (χ1n) is 9.76. The van der Waals surface area contributed by atoms with E-state index in [9.17, 15) is 5.11 Å². The Balaban J connectivity index is 1.21. The lowest BCUT2D eigenvalue weighted by atomic mass is 9.77. The van der Waals surface area contributed by atoms with Crippen LogP contribution in [0.25, 0.3) is 10.6 Å². The van der Waals surface area contributed by atoms with Gasteiger partial charge in [0.05, 0.1) is 28.9 Å². The average molecular weight is 397 g/mol. The summed E-state index contributed by atoms with van der Waals surface area (Å²) in [6.07, 6.45) is 8.33. The summed E-state index contributed by atoms with van der Waals surface area (Å²) in [6, 6.07) is 6.44. The van der Waals surface area contributed by atoms with Crippen LogP contribution < -0.4 is 5.32 Å². The van der Waals surface area contributed by atoms with Crippen LogP contribution >= 0.6 is 11.3 Å². The molecular formula is C20H24N6OS. The normalized spacial score (nSPS) is 27.6. The predicted octanol–water partition coefficient (Wildman–Crippen LogP) is 2.61. The minimum absolute atomic E-state index is 0.0478. The summed E-state index contributed by atoms with van der Waals surface area (Å²) >= 11 is 1.82. The van der Waals surface area contributed by atoms with Gasteiger partial charge in [-0.25, -0.2) is 4.98 Å². The van der Waals surface area contributed by atoms with Crippen molar-refractivity contribution in [2.75, 3.05) is 18.4 Å². The number of aliphatic hydroxyl groups excluding tert-OH is 1. The molecule has 0 amide bonds. The molecule has 3 N–H and O–H groups in total. The second-order valence-corrected chi connectivity index (χ2v) is 9.00. The molecule has 1 saturated heterocycles. The zero-order valence-electron chi connectivity index (χ0n) is 15.5. The van der Waals surface area contributed by atoms with Gasteiger partial charge >= 0.3 is 0 Å². The zero-order valence-corrected chi connectivity index (χ0v) is 16.3. The minimum Gasteiger partial charge on any atom is -0.391 e.